The summed E-state index contributed by atoms with van der Waals surface area (Å²) in [5.74, 6) is -0.0408. The molecule has 3 rings (SSSR count). The molecule has 1 amide bonds. The Morgan fingerprint density at radius 1 is 1.24 bits per heavy atom. The summed E-state index contributed by atoms with van der Waals surface area (Å²) in [4.78, 5) is 25.2. The molecule has 2 heterocycles. The van der Waals surface area contributed by atoms with Gasteiger partial charge in [0.1, 0.15) is 0 Å². The average molecular weight is 348 g/mol. The lowest BCUT2D eigenvalue weighted by Gasteiger charge is -2.38. The van der Waals surface area contributed by atoms with E-state index >= 15 is 0 Å². The molecule has 1 aliphatic heterocycles. The van der Waals surface area contributed by atoms with E-state index in [-0.39, 0.29) is 17.7 Å². The van der Waals surface area contributed by atoms with Gasteiger partial charge in [0.25, 0.3) is 0 Å². The summed E-state index contributed by atoms with van der Waals surface area (Å²) in [5.41, 5.74) is 1.03. The Morgan fingerprint density at radius 2 is 1.92 bits per heavy atom. The first-order chi connectivity index (χ1) is 11.9. The van der Waals surface area contributed by atoms with E-state index in [0.29, 0.717) is 24.7 Å². The van der Waals surface area contributed by atoms with Gasteiger partial charge in [0.2, 0.25) is 5.91 Å². The summed E-state index contributed by atoms with van der Waals surface area (Å²) in [7, 11) is 0. The van der Waals surface area contributed by atoms with Crippen LogP contribution in [0.2, 0.25) is 0 Å². The first-order valence-corrected chi connectivity index (χ1v) is 9.35. The molecule has 138 valence electrons. The van der Waals surface area contributed by atoms with E-state index in [1.54, 1.807) is 0 Å². The summed E-state index contributed by atoms with van der Waals surface area (Å²) in [6.45, 7) is 6.76. The fourth-order valence-electron chi connectivity index (χ4n) is 3.68. The Hall–Kier alpha value is -1.92. The number of aryl methyl sites for hydroxylation is 1. The third-order valence-corrected chi connectivity index (χ3v) is 5.55. The van der Waals surface area contributed by atoms with Crippen LogP contribution >= 0.6 is 0 Å². The second kappa shape index (κ2) is 7.54. The lowest BCUT2D eigenvalue weighted by Crippen LogP contribution is -2.46. The highest BCUT2D eigenvalue weighted by Gasteiger charge is 2.41. The molecule has 1 N–H and O–H groups in total. The smallest absolute Gasteiger partial charge is 0.306 e. The molecule has 1 aromatic heterocycles. The van der Waals surface area contributed by atoms with Gasteiger partial charge < -0.3 is 10.0 Å². The maximum absolute atomic E-state index is 12.4. The highest BCUT2D eigenvalue weighted by molar-refractivity contribution is 5.83. The number of carbonyl (C=O) groups is 2. The first-order valence-electron chi connectivity index (χ1n) is 9.35. The van der Waals surface area contributed by atoms with Crippen molar-refractivity contribution in [2.24, 2.45) is 17.8 Å². The molecule has 7 heteroatoms. The van der Waals surface area contributed by atoms with Crippen molar-refractivity contribution in [3.8, 4) is 0 Å². The van der Waals surface area contributed by atoms with Crippen LogP contribution in [0, 0.1) is 17.8 Å². The Bertz CT molecular complexity index is 614. The predicted octanol–water partition coefficient (Wildman–Crippen LogP) is 2.14. The third-order valence-electron chi connectivity index (χ3n) is 5.55. The summed E-state index contributed by atoms with van der Waals surface area (Å²) in [6, 6.07) is 0. The van der Waals surface area contributed by atoms with Crippen LogP contribution in [-0.2, 0) is 16.1 Å². The van der Waals surface area contributed by atoms with Gasteiger partial charge in [-0.1, -0.05) is 19.1 Å². The van der Waals surface area contributed by atoms with Gasteiger partial charge in [-0.05, 0) is 38.0 Å². The molecule has 1 saturated heterocycles. The number of rotatable bonds is 6. The Labute approximate surface area is 148 Å². The lowest BCUT2D eigenvalue weighted by molar-refractivity contribution is -0.151. The number of carboxylic acid groups (broad SMARTS) is 1. The van der Waals surface area contributed by atoms with E-state index in [1.807, 2.05) is 15.8 Å². The predicted molar refractivity (Wildman–Crippen MR) is 91.9 cm³/mol. The number of carbonyl (C=O) groups excluding carboxylic acids is 1. The van der Waals surface area contributed by atoms with E-state index in [1.165, 1.54) is 0 Å². The van der Waals surface area contributed by atoms with Gasteiger partial charge in [0.05, 0.1) is 11.6 Å². The van der Waals surface area contributed by atoms with Crippen LogP contribution in [0.1, 0.15) is 57.6 Å². The quantitative estimate of drug-likeness (QED) is 0.851. The second-order valence-electron chi connectivity index (χ2n) is 7.89. The maximum atomic E-state index is 12.4. The van der Waals surface area contributed by atoms with E-state index in [9.17, 15) is 9.59 Å². The molecule has 0 radical (unpaired) electrons. The molecule has 2 aliphatic rings. The van der Waals surface area contributed by atoms with Gasteiger partial charge >= 0.3 is 5.97 Å². The van der Waals surface area contributed by atoms with Gasteiger partial charge in [-0.3, -0.25) is 14.3 Å². The topological polar surface area (TPSA) is 88.3 Å². The number of amides is 1. The van der Waals surface area contributed by atoms with Crippen molar-refractivity contribution < 1.29 is 14.7 Å². The van der Waals surface area contributed by atoms with Crippen LogP contribution in [0.3, 0.4) is 0 Å². The summed E-state index contributed by atoms with van der Waals surface area (Å²) < 4.78 is 1.92. The molecule has 25 heavy (non-hydrogen) atoms. The van der Waals surface area contributed by atoms with Crippen molar-refractivity contribution in [2.75, 3.05) is 13.1 Å². The van der Waals surface area contributed by atoms with Crippen LogP contribution in [0.25, 0.3) is 0 Å². The van der Waals surface area contributed by atoms with E-state index in [4.69, 9.17) is 5.11 Å². The van der Waals surface area contributed by atoms with Crippen molar-refractivity contribution in [1.29, 1.82) is 0 Å². The molecule has 0 atom stereocenters. The van der Waals surface area contributed by atoms with Crippen LogP contribution in [0.15, 0.2) is 6.20 Å². The van der Waals surface area contributed by atoms with Gasteiger partial charge in [0, 0.05) is 37.7 Å². The monoisotopic (exact) mass is 348 g/mol. The molecule has 1 aromatic rings. The molecule has 1 aliphatic carbocycles. The number of carboxylic acids is 1. The Morgan fingerprint density at radius 3 is 2.52 bits per heavy atom. The van der Waals surface area contributed by atoms with Gasteiger partial charge in [-0.25, -0.2) is 0 Å². The number of likely N-dealkylation sites (tertiary alicyclic amines) is 1. The standard InChI is InChI=1S/C18H28N4O3/c1-12(2)3-8-22-11-16(19-20-22)13-4-6-21(7-5-13)17(23)14-9-15(10-14)18(24)25/h11-15H,3-10H2,1-2H3,(H,24,25). The van der Waals surface area contributed by atoms with Crippen LogP contribution in [0.5, 0.6) is 0 Å². The zero-order valence-electron chi connectivity index (χ0n) is 15.1. The fourth-order valence-corrected chi connectivity index (χ4v) is 3.68. The third kappa shape index (κ3) is 4.19. The zero-order chi connectivity index (χ0) is 18.0. The van der Waals surface area contributed by atoms with Crippen molar-refractivity contribution in [1.82, 2.24) is 19.9 Å². The number of aliphatic carboxylic acids is 1. The van der Waals surface area contributed by atoms with E-state index in [0.717, 1.165) is 44.6 Å². The van der Waals surface area contributed by atoms with Gasteiger partial charge in [-0.2, -0.15) is 0 Å². The number of hydrogen-bond donors (Lipinski definition) is 1. The van der Waals surface area contributed by atoms with Crippen LogP contribution in [-0.4, -0.2) is 50.0 Å². The van der Waals surface area contributed by atoms with Crippen molar-refractivity contribution in [3.05, 3.63) is 11.9 Å². The molecule has 0 unspecified atom stereocenters. The van der Waals surface area contributed by atoms with Crippen molar-refractivity contribution >= 4 is 11.9 Å². The molecular weight excluding hydrogens is 320 g/mol. The average Bonchev–Trinajstić information content (AvgIpc) is 3.00. The number of nitrogens with zero attached hydrogens (tertiary/aromatic N) is 4. The van der Waals surface area contributed by atoms with Crippen molar-refractivity contribution in [3.63, 3.8) is 0 Å². The summed E-state index contributed by atoms with van der Waals surface area (Å²) in [5, 5.41) is 17.5. The molecule has 0 aromatic carbocycles. The summed E-state index contributed by atoms with van der Waals surface area (Å²) >= 11 is 0. The highest BCUT2D eigenvalue weighted by atomic mass is 16.4. The summed E-state index contributed by atoms with van der Waals surface area (Å²) in [6.07, 6.45) is 5.95. The van der Waals surface area contributed by atoms with E-state index < -0.39 is 5.97 Å². The first kappa shape index (κ1) is 17.9. The molecule has 7 nitrogen and oxygen atoms in total. The Kier molecular flexibility index (Phi) is 5.39. The largest absolute Gasteiger partial charge is 0.481 e. The highest BCUT2D eigenvalue weighted by Crippen LogP contribution is 2.36. The van der Waals surface area contributed by atoms with Crippen LogP contribution in [0.4, 0.5) is 0 Å². The number of hydrogen-bond acceptors (Lipinski definition) is 4. The zero-order valence-corrected chi connectivity index (χ0v) is 15.1. The number of aromatic nitrogens is 3. The molecular formula is C18H28N4O3. The Balaban J connectivity index is 1.46. The van der Waals surface area contributed by atoms with Crippen LogP contribution < -0.4 is 0 Å². The molecule has 1 saturated carbocycles. The van der Waals surface area contributed by atoms with E-state index in [2.05, 4.69) is 24.2 Å². The minimum Gasteiger partial charge on any atom is -0.481 e. The number of piperidine rings is 1. The minimum atomic E-state index is -0.775. The van der Waals surface area contributed by atoms with Crippen molar-refractivity contribution in [2.45, 2.75) is 58.4 Å². The molecule has 0 bridgehead atoms. The molecule has 0 spiro atoms. The normalized spacial score (nSPS) is 24.4. The molecule has 2 fully saturated rings. The lowest BCUT2D eigenvalue weighted by atomic mass is 9.74. The second-order valence-corrected chi connectivity index (χ2v) is 7.89. The van der Waals surface area contributed by atoms with Gasteiger partial charge in [0.15, 0.2) is 0 Å². The maximum Gasteiger partial charge on any atom is 0.306 e. The SMILES string of the molecule is CC(C)CCn1cc(C2CCN(C(=O)C3CC(C(=O)O)C3)CC2)nn1. The fraction of sp³-hybridized carbons (Fsp3) is 0.778. The minimum absolute atomic E-state index is 0.0884. The van der Waals surface area contributed by atoms with Gasteiger partial charge in [-0.15, -0.1) is 5.10 Å².